The summed E-state index contributed by atoms with van der Waals surface area (Å²) in [5, 5.41) is 8.54. The van der Waals surface area contributed by atoms with Crippen molar-refractivity contribution >= 4 is 27.6 Å². The molecule has 24 heavy (non-hydrogen) atoms. The van der Waals surface area contributed by atoms with Crippen molar-refractivity contribution in [1.82, 2.24) is 4.72 Å². The third kappa shape index (κ3) is 3.26. The van der Waals surface area contributed by atoms with Gasteiger partial charge in [0.2, 0.25) is 21.6 Å². The van der Waals surface area contributed by atoms with Gasteiger partial charge in [-0.3, -0.25) is 14.4 Å². The van der Waals surface area contributed by atoms with Crippen LogP contribution in [-0.4, -0.2) is 43.4 Å². The maximum Gasteiger partial charge on any atom is 0.303 e. The number of unbranched alkanes of at least 4 members (excludes halogenated alkanes) is 2. The standard InChI is InChI=1S/C16H25NO6S/c1-15(2)11-7-8-16(15,14(21)13(11)20)10-24(22,23)17-9-5-3-4-6-12(18)19/h11,17H,3-10H2,1-2H3,(H,18,19)/t11-,16-/m0/s1. The molecular formula is C16H25NO6S. The van der Waals surface area contributed by atoms with Gasteiger partial charge in [0.25, 0.3) is 0 Å². The number of sulfonamides is 1. The minimum Gasteiger partial charge on any atom is -0.481 e. The Labute approximate surface area is 142 Å². The van der Waals surface area contributed by atoms with Crippen LogP contribution in [-0.2, 0) is 24.4 Å². The molecule has 2 aliphatic carbocycles. The van der Waals surface area contributed by atoms with Gasteiger partial charge in [0.05, 0.1) is 11.2 Å². The normalized spacial score (nSPS) is 28.5. The lowest BCUT2D eigenvalue weighted by Gasteiger charge is -2.35. The van der Waals surface area contributed by atoms with Crippen molar-refractivity contribution in [3.8, 4) is 0 Å². The van der Waals surface area contributed by atoms with Crippen LogP contribution in [0.1, 0.15) is 52.4 Å². The zero-order valence-corrected chi connectivity index (χ0v) is 14.9. The first-order valence-corrected chi connectivity index (χ1v) is 9.96. The monoisotopic (exact) mass is 359 g/mol. The first-order chi connectivity index (χ1) is 11.0. The first-order valence-electron chi connectivity index (χ1n) is 8.31. The van der Waals surface area contributed by atoms with E-state index in [9.17, 15) is 22.8 Å². The number of ketones is 2. The topological polar surface area (TPSA) is 118 Å². The predicted octanol–water partition coefficient (Wildman–Crippen LogP) is 1.13. The van der Waals surface area contributed by atoms with Gasteiger partial charge < -0.3 is 5.11 Å². The molecule has 0 saturated heterocycles. The largest absolute Gasteiger partial charge is 0.481 e. The second-order valence-electron chi connectivity index (χ2n) is 7.45. The van der Waals surface area contributed by atoms with E-state index in [-0.39, 0.29) is 24.6 Å². The highest BCUT2D eigenvalue weighted by atomic mass is 32.2. The summed E-state index contributed by atoms with van der Waals surface area (Å²) in [6.45, 7) is 3.84. The highest BCUT2D eigenvalue weighted by molar-refractivity contribution is 7.89. The van der Waals surface area contributed by atoms with Gasteiger partial charge in [-0.1, -0.05) is 20.3 Å². The highest BCUT2D eigenvalue weighted by Gasteiger charge is 2.69. The Kier molecular flexibility index (Phi) is 5.20. The van der Waals surface area contributed by atoms with Gasteiger partial charge in [-0.15, -0.1) is 0 Å². The van der Waals surface area contributed by atoms with Crippen LogP contribution in [0.5, 0.6) is 0 Å². The van der Waals surface area contributed by atoms with Crippen LogP contribution in [0.4, 0.5) is 0 Å². The molecule has 2 bridgehead atoms. The van der Waals surface area contributed by atoms with Crippen molar-refractivity contribution in [3.63, 3.8) is 0 Å². The lowest BCUT2D eigenvalue weighted by atomic mass is 9.70. The quantitative estimate of drug-likeness (QED) is 0.471. The Morgan fingerprint density at radius 2 is 1.92 bits per heavy atom. The fourth-order valence-electron chi connectivity index (χ4n) is 4.17. The minimum absolute atomic E-state index is 0.0715. The van der Waals surface area contributed by atoms with E-state index in [0.29, 0.717) is 32.1 Å². The Hall–Kier alpha value is -1.28. The molecule has 0 radical (unpaired) electrons. The number of nitrogens with one attached hydrogen (secondary N) is 1. The van der Waals surface area contributed by atoms with Gasteiger partial charge in [-0.2, -0.15) is 0 Å². The fourth-order valence-corrected chi connectivity index (χ4v) is 6.02. The summed E-state index contributed by atoms with van der Waals surface area (Å²) in [7, 11) is -3.68. The van der Waals surface area contributed by atoms with Crippen LogP contribution >= 0.6 is 0 Å². The van der Waals surface area contributed by atoms with Crippen LogP contribution in [0.2, 0.25) is 0 Å². The number of hydrogen-bond acceptors (Lipinski definition) is 5. The number of hydrogen-bond donors (Lipinski definition) is 2. The minimum atomic E-state index is -3.68. The molecule has 0 heterocycles. The summed E-state index contributed by atoms with van der Waals surface area (Å²) in [4.78, 5) is 34.8. The van der Waals surface area contributed by atoms with Gasteiger partial charge in [0, 0.05) is 18.9 Å². The molecule has 0 aliphatic heterocycles. The molecular weight excluding hydrogens is 334 g/mol. The highest BCUT2D eigenvalue weighted by Crippen LogP contribution is 2.62. The van der Waals surface area contributed by atoms with Gasteiger partial charge in [-0.25, -0.2) is 13.1 Å². The van der Waals surface area contributed by atoms with Crippen LogP contribution < -0.4 is 4.72 Å². The van der Waals surface area contributed by atoms with Crippen LogP contribution in [0, 0.1) is 16.7 Å². The lowest BCUT2D eigenvalue weighted by molar-refractivity contribution is -0.141. The van der Waals surface area contributed by atoms with Crippen LogP contribution in [0.3, 0.4) is 0 Å². The molecule has 2 fully saturated rings. The number of carboxylic acids is 1. The molecule has 136 valence electrons. The van der Waals surface area contributed by atoms with Crippen molar-refractivity contribution < 1.29 is 27.9 Å². The second-order valence-corrected chi connectivity index (χ2v) is 9.25. The van der Waals surface area contributed by atoms with Crippen LogP contribution in [0.15, 0.2) is 0 Å². The first kappa shape index (κ1) is 19.1. The third-order valence-electron chi connectivity index (χ3n) is 5.77. The summed E-state index contributed by atoms with van der Waals surface area (Å²) in [6, 6.07) is 0. The van der Waals surface area contributed by atoms with Gasteiger partial charge >= 0.3 is 5.97 Å². The average Bonchev–Trinajstić information content (AvgIpc) is 2.77. The van der Waals surface area contributed by atoms with Gasteiger partial charge in [0.1, 0.15) is 0 Å². The molecule has 0 aromatic carbocycles. The molecule has 0 aromatic rings. The fraction of sp³-hybridized carbons (Fsp3) is 0.812. The summed E-state index contributed by atoms with van der Waals surface area (Å²) >= 11 is 0. The Balaban J connectivity index is 1.93. The van der Waals surface area contributed by atoms with E-state index in [2.05, 4.69) is 4.72 Å². The third-order valence-corrected chi connectivity index (χ3v) is 7.28. The zero-order valence-electron chi connectivity index (χ0n) is 14.1. The number of aliphatic carboxylic acids is 1. The summed E-state index contributed by atoms with van der Waals surface area (Å²) in [6.07, 6.45) is 2.74. The molecule has 0 unspecified atom stereocenters. The number of rotatable bonds is 9. The molecule has 2 rings (SSSR count). The smallest absolute Gasteiger partial charge is 0.303 e. The summed E-state index contributed by atoms with van der Waals surface area (Å²) < 4.78 is 27.2. The van der Waals surface area contributed by atoms with E-state index < -0.39 is 38.4 Å². The molecule has 2 N–H and O–H groups in total. The van der Waals surface area contributed by atoms with E-state index in [1.54, 1.807) is 0 Å². The van der Waals surface area contributed by atoms with Crippen molar-refractivity contribution in [2.75, 3.05) is 12.3 Å². The summed E-state index contributed by atoms with van der Waals surface area (Å²) in [5.41, 5.74) is -1.73. The number of carbonyl (C=O) groups excluding carboxylic acids is 2. The van der Waals surface area contributed by atoms with Crippen molar-refractivity contribution in [2.24, 2.45) is 16.7 Å². The molecule has 2 atom stereocenters. The van der Waals surface area contributed by atoms with Gasteiger partial charge in [0.15, 0.2) is 0 Å². The Bertz CT molecular complexity index is 653. The van der Waals surface area contributed by atoms with Crippen molar-refractivity contribution in [1.29, 1.82) is 0 Å². The van der Waals surface area contributed by atoms with E-state index in [1.165, 1.54) is 0 Å². The Morgan fingerprint density at radius 1 is 1.25 bits per heavy atom. The molecule has 2 saturated carbocycles. The van der Waals surface area contributed by atoms with Crippen molar-refractivity contribution in [2.45, 2.75) is 52.4 Å². The number of carbonyl (C=O) groups is 3. The van der Waals surface area contributed by atoms with Crippen LogP contribution in [0.25, 0.3) is 0 Å². The molecule has 2 aliphatic rings. The number of fused-ring (bicyclic) bond motifs is 2. The van der Waals surface area contributed by atoms with E-state index in [0.717, 1.165) is 0 Å². The van der Waals surface area contributed by atoms with E-state index in [1.807, 2.05) is 13.8 Å². The molecule has 0 spiro atoms. The maximum absolute atomic E-state index is 12.4. The molecule has 0 amide bonds. The lowest BCUT2D eigenvalue weighted by Crippen LogP contribution is -2.46. The number of carboxylic acid groups (broad SMARTS) is 1. The SMILES string of the molecule is CC1(C)[C@H]2CC[C@]1(CS(=O)(=O)NCCCCCC(=O)O)C(=O)C2=O. The van der Waals surface area contributed by atoms with Crippen molar-refractivity contribution in [3.05, 3.63) is 0 Å². The molecule has 0 aromatic heterocycles. The second kappa shape index (κ2) is 6.55. The average molecular weight is 359 g/mol. The van der Waals surface area contributed by atoms with E-state index >= 15 is 0 Å². The molecule has 7 nitrogen and oxygen atoms in total. The maximum atomic E-state index is 12.4. The molecule has 8 heteroatoms. The van der Waals surface area contributed by atoms with E-state index in [4.69, 9.17) is 5.11 Å². The number of Topliss-reactive ketones (excluding diaryl/α,β-unsaturated/α-hetero) is 2. The Morgan fingerprint density at radius 3 is 2.46 bits per heavy atom. The summed E-state index contributed by atoms with van der Waals surface area (Å²) in [5.74, 6) is -2.53. The van der Waals surface area contributed by atoms with Gasteiger partial charge in [-0.05, 0) is 31.1 Å². The zero-order chi connectivity index (χ0) is 18.2. The predicted molar refractivity (Wildman–Crippen MR) is 86.8 cm³/mol.